The van der Waals surface area contributed by atoms with E-state index < -0.39 is 21.8 Å². The molecule has 3 N–H and O–H groups in total. The highest BCUT2D eigenvalue weighted by molar-refractivity contribution is 7.89. The number of fused-ring (bicyclic) bond motifs is 1. The van der Waals surface area contributed by atoms with Gasteiger partial charge in [0, 0.05) is 34.8 Å². The van der Waals surface area contributed by atoms with E-state index in [1.807, 2.05) is 0 Å². The van der Waals surface area contributed by atoms with Crippen molar-refractivity contribution < 1.29 is 27.4 Å². The molecule has 3 aromatic carbocycles. The summed E-state index contributed by atoms with van der Waals surface area (Å²) in [6.07, 6.45) is 2.32. The summed E-state index contributed by atoms with van der Waals surface area (Å²) in [6, 6.07) is 16.8. The smallest absolute Gasteiger partial charge is 0.307 e. The molecule has 0 saturated heterocycles. The van der Waals surface area contributed by atoms with Gasteiger partial charge in [-0.15, -0.1) is 0 Å². The number of aromatic nitrogens is 1. The monoisotopic (exact) mass is 482 g/mol. The van der Waals surface area contributed by atoms with Crippen molar-refractivity contribution in [2.75, 3.05) is 6.26 Å². The molecule has 0 aliphatic rings. The first-order valence-electron chi connectivity index (χ1n) is 10.4. The lowest BCUT2D eigenvalue weighted by Crippen LogP contribution is -2.09. The van der Waals surface area contributed by atoms with Gasteiger partial charge in [-0.05, 0) is 35.4 Å². The van der Waals surface area contributed by atoms with Gasteiger partial charge in [0.1, 0.15) is 18.2 Å². The number of nitrogens with two attached hydrogens (primary N) is 1. The summed E-state index contributed by atoms with van der Waals surface area (Å²) in [5.74, 6) is -1.05. The van der Waals surface area contributed by atoms with Crippen LogP contribution in [0, 0.1) is 5.82 Å². The second-order valence-electron chi connectivity index (χ2n) is 7.90. The summed E-state index contributed by atoms with van der Waals surface area (Å²) in [7, 11) is -3.62. The first-order valence-corrected chi connectivity index (χ1v) is 12.3. The molecule has 0 aliphatic carbocycles. The fraction of sp³-hybridized carbons (Fsp3) is 0.160. The summed E-state index contributed by atoms with van der Waals surface area (Å²) in [5.41, 5.74) is 8.31. The van der Waals surface area contributed by atoms with Crippen LogP contribution < -0.4 is 10.5 Å². The minimum atomic E-state index is -3.62. The lowest BCUT2D eigenvalue weighted by Gasteiger charge is -2.14. The molecule has 7 nitrogen and oxygen atoms in total. The molecule has 1 heterocycles. The van der Waals surface area contributed by atoms with Crippen molar-refractivity contribution in [2.45, 2.75) is 19.6 Å². The van der Waals surface area contributed by atoms with Gasteiger partial charge in [-0.2, -0.15) is 0 Å². The number of halogens is 1. The van der Waals surface area contributed by atoms with Gasteiger partial charge < -0.3 is 15.6 Å². The number of carboxylic acid groups (broad SMARTS) is 1. The summed E-state index contributed by atoms with van der Waals surface area (Å²) in [4.78, 5) is 11.2. The second-order valence-corrected chi connectivity index (χ2v) is 9.76. The Balaban J connectivity index is 1.83. The summed E-state index contributed by atoms with van der Waals surface area (Å²) >= 11 is 0. The molecule has 0 spiro atoms. The molecule has 0 fully saturated rings. The molecule has 176 valence electrons. The van der Waals surface area contributed by atoms with E-state index in [0.29, 0.717) is 44.5 Å². The number of rotatable bonds is 8. The number of ether oxygens (including phenoxy) is 1. The average molecular weight is 483 g/mol. The molecule has 0 atom stereocenters. The predicted molar refractivity (Wildman–Crippen MR) is 128 cm³/mol. The normalized spacial score (nSPS) is 11.6. The van der Waals surface area contributed by atoms with Gasteiger partial charge in [-0.25, -0.2) is 16.8 Å². The number of carbonyl (C=O) groups is 1. The first-order chi connectivity index (χ1) is 16.2. The van der Waals surface area contributed by atoms with Crippen molar-refractivity contribution in [3.8, 4) is 16.9 Å². The zero-order valence-corrected chi connectivity index (χ0v) is 19.2. The van der Waals surface area contributed by atoms with Crippen LogP contribution in [-0.2, 0) is 34.4 Å². The van der Waals surface area contributed by atoms with Crippen molar-refractivity contribution in [3.05, 3.63) is 89.4 Å². The Morgan fingerprint density at radius 3 is 2.50 bits per heavy atom. The van der Waals surface area contributed by atoms with Gasteiger partial charge in [-0.1, -0.05) is 36.4 Å². The topological polar surface area (TPSA) is 112 Å². The summed E-state index contributed by atoms with van der Waals surface area (Å²) in [5, 5.41) is 9.71. The molecule has 0 bridgehead atoms. The van der Waals surface area contributed by atoms with Crippen LogP contribution in [-0.4, -0.2) is 29.7 Å². The minimum Gasteiger partial charge on any atom is -0.489 e. The molecule has 0 aliphatic heterocycles. The van der Waals surface area contributed by atoms with Crippen LogP contribution in [0.3, 0.4) is 0 Å². The number of aliphatic carboxylic acids is 1. The SMILES string of the molecule is CS(=O)(=O)n1ccc2c(-c3cccc(CN)c3F)cc(COc3ccccc3CC(=O)O)cc21. The van der Waals surface area contributed by atoms with Crippen LogP contribution in [0.2, 0.25) is 0 Å². The molecule has 0 radical (unpaired) electrons. The first kappa shape index (κ1) is 23.5. The zero-order chi connectivity index (χ0) is 24.5. The quantitative estimate of drug-likeness (QED) is 0.394. The largest absolute Gasteiger partial charge is 0.489 e. The Labute approximate surface area is 196 Å². The van der Waals surface area contributed by atoms with Gasteiger partial charge in [0.15, 0.2) is 0 Å². The van der Waals surface area contributed by atoms with Crippen molar-refractivity contribution in [1.82, 2.24) is 3.97 Å². The van der Waals surface area contributed by atoms with Crippen molar-refractivity contribution in [2.24, 2.45) is 5.73 Å². The number of hydrogen-bond donors (Lipinski definition) is 2. The van der Waals surface area contributed by atoms with Gasteiger partial charge in [-0.3, -0.25) is 4.79 Å². The number of para-hydroxylation sites is 1. The van der Waals surface area contributed by atoms with Crippen LogP contribution in [0.25, 0.3) is 22.0 Å². The molecule has 0 amide bonds. The summed E-state index contributed by atoms with van der Waals surface area (Å²) in [6.45, 7) is 0.0447. The number of nitrogens with zero attached hydrogens (tertiary/aromatic N) is 1. The van der Waals surface area contributed by atoms with Gasteiger partial charge in [0.05, 0.1) is 18.2 Å². The van der Waals surface area contributed by atoms with Crippen molar-refractivity contribution in [3.63, 3.8) is 0 Å². The van der Waals surface area contributed by atoms with Gasteiger partial charge in [0.2, 0.25) is 10.0 Å². The number of carboxylic acids is 1. The summed E-state index contributed by atoms with van der Waals surface area (Å²) < 4.78 is 46.9. The van der Waals surface area contributed by atoms with E-state index in [4.69, 9.17) is 15.6 Å². The van der Waals surface area contributed by atoms with E-state index in [-0.39, 0.29) is 19.6 Å². The molecule has 9 heteroatoms. The van der Waals surface area contributed by atoms with Crippen LogP contribution in [0.4, 0.5) is 4.39 Å². The predicted octanol–water partition coefficient (Wildman–Crippen LogP) is 3.92. The highest BCUT2D eigenvalue weighted by Crippen LogP contribution is 2.34. The maximum absolute atomic E-state index is 15.2. The van der Waals surface area contributed by atoms with E-state index in [0.717, 1.165) is 10.2 Å². The van der Waals surface area contributed by atoms with Crippen LogP contribution >= 0.6 is 0 Å². The fourth-order valence-corrected chi connectivity index (χ4v) is 4.72. The van der Waals surface area contributed by atoms with Crippen molar-refractivity contribution >= 4 is 26.9 Å². The average Bonchev–Trinajstić information content (AvgIpc) is 3.22. The minimum absolute atomic E-state index is 0.0205. The van der Waals surface area contributed by atoms with E-state index in [2.05, 4.69) is 0 Å². The highest BCUT2D eigenvalue weighted by atomic mass is 32.2. The third-order valence-corrected chi connectivity index (χ3v) is 6.52. The van der Waals surface area contributed by atoms with E-state index in [1.165, 1.54) is 6.20 Å². The number of benzene rings is 3. The lowest BCUT2D eigenvalue weighted by atomic mass is 9.97. The van der Waals surface area contributed by atoms with E-state index in [1.54, 1.807) is 60.7 Å². The van der Waals surface area contributed by atoms with Crippen LogP contribution in [0.1, 0.15) is 16.7 Å². The Hall–Kier alpha value is -3.69. The van der Waals surface area contributed by atoms with E-state index in [9.17, 15) is 13.2 Å². The molecule has 4 aromatic rings. The maximum atomic E-state index is 15.2. The van der Waals surface area contributed by atoms with Gasteiger partial charge in [0.25, 0.3) is 0 Å². The second kappa shape index (κ2) is 9.28. The Bertz CT molecular complexity index is 1490. The third kappa shape index (κ3) is 4.66. The molecule has 0 unspecified atom stereocenters. The molecule has 0 saturated carbocycles. The highest BCUT2D eigenvalue weighted by Gasteiger charge is 2.18. The zero-order valence-electron chi connectivity index (χ0n) is 18.4. The Morgan fingerprint density at radius 2 is 1.79 bits per heavy atom. The van der Waals surface area contributed by atoms with Gasteiger partial charge >= 0.3 is 5.97 Å². The Morgan fingerprint density at radius 1 is 1.06 bits per heavy atom. The third-order valence-electron chi connectivity index (χ3n) is 5.49. The molecule has 34 heavy (non-hydrogen) atoms. The maximum Gasteiger partial charge on any atom is 0.307 e. The lowest BCUT2D eigenvalue weighted by molar-refractivity contribution is -0.136. The van der Waals surface area contributed by atoms with Crippen LogP contribution in [0.15, 0.2) is 66.9 Å². The standard InChI is InChI=1S/C25H23FN2O5S/c1-34(31,32)28-10-9-19-21(20-7-4-6-18(14-27)25(20)26)11-16(12-22(19)28)15-33-23-8-3-2-5-17(23)13-24(29)30/h2-12H,13-15,27H2,1H3,(H,29,30). The van der Waals surface area contributed by atoms with Crippen LogP contribution in [0.5, 0.6) is 5.75 Å². The molecular weight excluding hydrogens is 459 g/mol. The molecule has 1 aromatic heterocycles. The van der Waals surface area contributed by atoms with E-state index >= 15 is 4.39 Å². The van der Waals surface area contributed by atoms with Crippen molar-refractivity contribution in [1.29, 1.82) is 0 Å². The molecular formula is C25H23FN2O5S. The Kier molecular flexibility index (Phi) is 6.41. The number of hydrogen-bond acceptors (Lipinski definition) is 5. The molecule has 4 rings (SSSR count). The fourth-order valence-electron chi connectivity index (χ4n) is 3.93.